The summed E-state index contributed by atoms with van der Waals surface area (Å²) in [5.41, 5.74) is 2.95. The summed E-state index contributed by atoms with van der Waals surface area (Å²) >= 11 is 0. The van der Waals surface area contributed by atoms with Crippen LogP contribution in [0.25, 0.3) is 0 Å². The first kappa shape index (κ1) is 13.4. The van der Waals surface area contributed by atoms with Crippen LogP contribution in [0.15, 0.2) is 11.6 Å². The van der Waals surface area contributed by atoms with Crippen molar-refractivity contribution in [3.63, 3.8) is 0 Å². The topological polar surface area (TPSA) is 0 Å². The summed E-state index contributed by atoms with van der Waals surface area (Å²) in [5, 5.41) is 0. The van der Waals surface area contributed by atoms with Crippen LogP contribution in [0, 0.1) is 40.4 Å². The lowest BCUT2D eigenvalue weighted by Crippen LogP contribution is -2.49. The fraction of sp³-hybridized carbons (Fsp3) is 0.900. The number of rotatable bonds is 0. The van der Waals surface area contributed by atoms with E-state index in [0.29, 0.717) is 10.8 Å². The summed E-state index contributed by atoms with van der Waals surface area (Å²) in [6.45, 7) is 10.3. The van der Waals surface area contributed by atoms with Crippen molar-refractivity contribution in [2.24, 2.45) is 40.4 Å². The van der Waals surface area contributed by atoms with Gasteiger partial charge in [-0.05, 0) is 79.4 Å². The van der Waals surface area contributed by atoms with Crippen molar-refractivity contribution in [2.45, 2.75) is 72.6 Å². The maximum atomic E-state index is 2.66. The summed E-state index contributed by atoms with van der Waals surface area (Å²) in [6.07, 6.45) is 13.0. The van der Waals surface area contributed by atoms with Crippen LogP contribution >= 0.6 is 0 Å². The second-order valence-electron chi connectivity index (χ2n) is 9.28. The van der Waals surface area contributed by atoms with Crippen molar-refractivity contribution in [1.82, 2.24) is 0 Å². The fourth-order valence-electron chi connectivity index (χ4n) is 7.13. The lowest BCUT2D eigenvalue weighted by molar-refractivity contribution is -0.0423. The standard InChI is InChI=1S/C20H32/c1-13-6-5-9-19(3)10-11-20(4)14(2)7-8-15-12-16(13)18(19)17(15)20/h7,13,15-18H,5-6,8-12H2,1-4H3/t13?,15-,16+,17-,18+,19-,20-/m0/s1. The first-order chi connectivity index (χ1) is 9.46. The van der Waals surface area contributed by atoms with Gasteiger partial charge in [-0.25, -0.2) is 0 Å². The highest BCUT2D eigenvalue weighted by Crippen LogP contribution is 2.70. The molecule has 3 fully saturated rings. The Kier molecular flexibility index (Phi) is 2.78. The second kappa shape index (κ2) is 4.14. The van der Waals surface area contributed by atoms with Gasteiger partial charge >= 0.3 is 0 Å². The molecule has 0 saturated heterocycles. The zero-order chi connectivity index (χ0) is 14.1. The van der Waals surface area contributed by atoms with Gasteiger partial charge in [-0.2, -0.15) is 0 Å². The van der Waals surface area contributed by atoms with Gasteiger partial charge in [-0.3, -0.25) is 0 Å². The van der Waals surface area contributed by atoms with E-state index < -0.39 is 0 Å². The second-order valence-corrected chi connectivity index (χ2v) is 9.28. The van der Waals surface area contributed by atoms with E-state index in [-0.39, 0.29) is 0 Å². The molecular weight excluding hydrogens is 240 g/mol. The van der Waals surface area contributed by atoms with E-state index in [1.165, 1.54) is 38.5 Å². The van der Waals surface area contributed by atoms with Gasteiger partial charge in [0.1, 0.15) is 0 Å². The smallest absolute Gasteiger partial charge is 0.00850 e. The van der Waals surface area contributed by atoms with Crippen LogP contribution in [-0.2, 0) is 0 Å². The zero-order valence-electron chi connectivity index (χ0n) is 13.9. The molecule has 1 unspecified atom stereocenters. The third-order valence-electron chi connectivity index (χ3n) is 8.45. The van der Waals surface area contributed by atoms with E-state index in [0.717, 1.165) is 29.6 Å². The molecule has 0 spiro atoms. The molecule has 0 heterocycles. The van der Waals surface area contributed by atoms with Crippen LogP contribution in [0.1, 0.15) is 72.6 Å². The minimum Gasteiger partial charge on any atom is -0.0848 e. The Morgan fingerprint density at radius 3 is 2.70 bits per heavy atom. The molecule has 0 nitrogen and oxygen atoms in total. The lowest BCUT2D eigenvalue weighted by atomic mass is 9.48. The summed E-state index contributed by atoms with van der Waals surface area (Å²) in [7, 11) is 0. The zero-order valence-corrected chi connectivity index (χ0v) is 13.9. The van der Waals surface area contributed by atoms with E-state index in [1.807, 2.05) is 0 Å². The third kappa shape index (κ3) is 1.54. The largest absolute Gasteiger partial charge is 0.0848 e. The van der Waals surface area contributed by atoms with E-state index in [9.17, 15) is 0 Å². The minimum atomic E-state index is 0.548. The van der Waals surface area contributed by atoms with E-state index in [2.05, 4.69) is 33.8 Å². The molecule has 7 atom stereocenters. The molecular formula is C20H32. The van der Waals surface area contributed by atoms with Gasteiger partial charge in [0.15, 0.2) is 0 Å². The van der Waals surface area contributed by atoms with Crippen LogP contribution in [0.2, 0.25) is 0 Å². The van der Waals surface area contributed by atoms with Crippen molar-refractivity contribution in [3.05, 3.63) is 11.6 Å². The summed E-state index contributed by atoms with van der Waals surface area (Å²) < 4.78 is 0. The molecule has 0 radical (unpaired) electrons. The molecule has 3 saturated carbocycles. The van der Waals surface area contributed by atoms with E-state index in [4.69, 9.17) is 0 Å². The Labute approximate surface area is 125 Å². The Morgan fingerprint density at radius 1 is 1.10 bits per heavy atom. The Hall–Kier alpha value is -0.260. The maximum Gasteiger partial charge on any atom is -0.00850 e. The van der Waals surface area contributed by atoms with Crippen molar-refractivity contribution in [3.8, 4) is 0 Å². The van der Waals surface area contributed by atoms with Gasteiger partial charge in [0.25, 0.3) is 0 Å². The van der Waals surface area contributed by atoms with Gasteiger partial charge < -0.3 is 0 Å². The van der Waals surface area contributed by atoms with E-state index >= 15 is 0 Å². The number of hydrogen-bond acceptors (Lipinski definition) is 0. The minimum absolute atomic E-state index is 0.548. The molecule has 112 valence electrons. The predicted octanol–water partition coefficient (Wildman–Crippen LogP) is 5.83. The Balaban J connectivity index is 1.82. The van der Waals surface area contributed by atoms with E-state index in [1.54, 1.807) is 12.0 Å². The molecule has 4 aliphatic rings. The highest BCUT2D eigenvalue weighted by molar-refractivity contribution is 5.24. The van der Waals surface area contributed by atoms with Crippen molar-refractivity contribution < 1.29 is 0 Å². The highest BCUT2D eigenvalue weighted by Gasteiger charge is 2.62. The maximum absolute atomic E-state index is 2.66. The molecule has 0 aromatic heterocycles. The normalized spacial score (nSPS) is 57.8. The molecule has 0 aliphatic heterocycles. The summed E-state index contributed by atoms with van der Waals surface area (Å²) in [6, 6.07) is 0. The van der Waals surface area contributed by atoms with Gasteiger partial charge in [-0.1, -0.05) is 45.3 Å². The monoisotopic (exact) mass is 272 g/mol. The highest BCUT2D eigenvalue weighted by atomic mass is 14.7. The van der Waals surface area contributed by atoms with Crippen molar-refractivity contribution >= 4 is 0 Å². The van der Waals surface area contributed by atoms with Crippen LogP contribution in [0.5, 0.6) is 0 Å². The Bertz CT molecular complexity index is 447. The Morgan fingerprint density at radius 2 is 1.90 bits per heavy atom. The van der Waals surface area contributed by atoms with Gasteiger partial charge in [0.05, 0.1) is 0 Å². The molecule has 0 bridgehead atoms. The first-order valence-corrected chi connectivity index (χ1v) is 9.13. The quantitative estimate of drug-likeness (QED) is 0.487. The lowest BCUT2D eigenvalue weighted by Gasteiger charge is -2.57. The van der Waals surface area contributed by atoms with Crippen molar-refractivity contribution in [1.29, 1.82) is 0 Å². The van der Waals surface area contributed by atoms with Gasteiger partial charge in [0, 0.05) is 0 Å². The molecule has 20 heavy (non-hydrogen) atoms. The molecule has 0 N–H and O–H groups in total. The molecule has 4 rings (SSSR count). The number of allylic oxidation sites excluding steroid dienone is 2. The van der Waals surface area contributed by atoms with Crippen LogP contribution in [0.4, 0.5) is 0 Å². The average Bonchev–Trinajstić information content (AvgIpc) is 2.77. The molecule has 0 amide bonds. The number of hydrogen-bond donors (Lipinski definition) is 0. The van der Waals surface area contributed by atoms with Crippen LogP contribution in [0.3, 0.4) is 0 Å². The first-order valence-electron chi connectivity index (χ1n) is 9.13. The molecule has 0 heteroatoms. The van der Waals surface area contributed by atoms with Gasteiger partial charge in [-0.15, -0.1) is 0 Å². The van der Waals surface area contributed by atoms with Crippen LogP contribution < -0.4 is 0 Å². The summed E-state index contributed by atoms with van der Waals surface area (Å²) in [5.74, 6) is 5.08. The summed E-state index contributed by atoms with van der Waals surface area (Å²) in [4.78, 5) is 0. The molecule has 0 aromatic carbocycles. The predicted molar refractivity (Wildman–Crippen MR) is 85.4 cm³/mol. The van der Waals surface area contributed by atoms with Crippen LogP contribution in [-0.4, -0.2) is 0 Å². The molecule has 0 aromatic rings. The average molecular weight is 272 g/mol. The fourth-order valence-corrected chi connectivity index (χ4v) is 7.13. The van der Waals surface area contributed by atoms with Gasteiger partial charge in [0.2, 0.25) is 0 Å². The molecule has 4 aliphatic carbocycles. The third-order valence-corrected chi connectivity index (χ3v) is 8.45. The SMILES string of the molecule is CC1=CC[C@H]2C[C@@H]3C(C)CCC[C@@]4(C)CC[C@]1(C)[C@@H]2[C@@H]34. The van der Waals surface area contributed by atoms with Crippen molar-refractivity contribution in [2.75, 3.05) is 0 Å².